The number of nitrogens with two attached hydrogens (primary N) is 1. The molecule has 7 nitrogen and oxygen atoms in total. The van der Waals surface area contributed by atoms with Crippen LogP contribution in [0.15, 0.2) is 48.5 Å². The Morgan fingerprint density at radius 2 is 1.69 bits per heavy atom. The zero-order valence-corrected chi connectivity index (χ0v) is 21.1. The molecule has 35 heavy (non-hydrogen) atoms. The molecule has 1 aliphatic heterocycles. The minimum absolute atomic E-state index is 0.0920. The number of carbonyl (C=O) groups excluding carboxylic acids is 4. The van der Waals surface area contributed by atoms with Gasteiger partial charge in [0.1, 0.15) is 6.04 Å². The number of primary amides is 1. The van der Waals surface area contributed by atoms with E-state index in [0.29, 0.717) is 23.7 Å². The van der Waals surface area contributed by atoms with E-state index in [1.165, 1.54) is 24.3 Å². The highest BCUT2D eigenvalue weighted by molar-refractivity contribution is 6.30. The summed E-state index contributed by atoms with van der Waals surface area (Å²) in [6.45, 7) is 8.51. The number of hydrogen-bond donors (Lipinski definition) is 1. The van der Waals surface area contributed by atoms with Crippen molar-refractivity contribution in [2.75, 3.05) is 11.4 Å². The zero-order valence-electron chi connectivity index (χ0n) is 20.4. The summed E-state index contributed by atoms with van der Waals surface area (Å²) < 4.78 is 0. The maximum Gasteiger partial charge on any atom is 0.257 e. The van der Waals surface area contributed by atoms with E-state index in [-0.39, 0.29) is 40.5 Å². The van der Waals surface area contributed by atoms with Crippen molar-refractivity contribution < 1.29 is 19.2 Å². The van der Waals surface area contributed by atoms with Crippen LogP contribution >= 0.6 is 11.6 Å². The smallest absolute Gasteiger partial charge is 0.257 e. The third kappa shape index (κ3) is 4.33. The molecule has 1 aliphatic carbocycles. The summed E-state index contributed by atoms with van der Waals surface area (Å²) in [5, 5.41) is 0.600. The Labute approximate surface area is 210 Å². The van der Waals surface area contributed by atoms with Crippen LogP contribution in [0.4, 0.5) is 5.69 Å². The molecule has 0 radical (unpaired) electrons. The lowest BCUT2D eigenvalue weighted by Crippen LogP contribution is -2.47. The highest BCUT2D eigenvalue weighted by Gasteiger charge is 2.69. The van der Waals surface area contributed by atoms with E-state index < -0.39 is 17.9 Å². The molecule has 2 aromatic rings. The number of carbonyl (C=O) groups is 4. The predicted molar refractivity (Wildman–Crippen MR) is 134 cm³/mol. The van der Waals surface area contributed by atoms with Gasteiger partial charge in [0, 0.05) is 23.0 Å². The predicted octanol–water partition coefficient (Wildman–Crippen LogP) is 3.82. The first kappa shape index (κ1) is 24.9. The molecule has 2 N–H and O–H groups in total. The van der Waals surface area contributed by atoms with Gasteiger partial charge in [-0.15, -0.1) is 0 Å². The van der Waals surface area contributed by atoms with Gasteiger partial charge in [-0.05, 0) is 59.2 Å². The van der Waals surface area contributed by atoms with E-state index in [9.17, 15) is 19.2 Å². The largest absolute Gasteiger partial charge is 0.366 e. The van der Waals surface area contributed by atoms with Gasteiger partial charge < -0.3 is 10.6 Å². The number of amides is 4. The molecule has 4 rings (SSSR count). The summed E-state index contributed by atoms with van der Waals surface area (Å²) in [5.74, 6) is -1.79. The van der Waals surface area contributed by atoms with Crippen molar-refractivity contribution in [2.24, 2.45) is 22.5 Å². The fourth-order valence-corrected chi connectivity index (χ4v) is 5.46. The summed E-state index contributed by atoms with van der Waals surface area (Å²) in [5.41, 5.74) is 6.44. The Morgan fingerprint density at radius 3 is 2.23 bits per heavy atom. The number of rotatable bonds is 7. The molecule has 184 valence electrons. The van der Waals surface area contributed by atoms with Crippen LogP contribution in [0.25, 0.3) is 0 Å². The lowest BCUT2D eigenvalue weighted by Gasteiger charge is -2.29. The molecular weight excluding hydrogens is 466 g/mol. The fourth-order valence-electron chi connectivity index (χ4n) is 5.25. The molecule has 8 heteroatoms. The summed E-state index contributed by atoms with van der Waals surface area (Å²) in [6, 6.07) is 12.5. The Morgan fingerprint density at radius 1 is 1.06 bits per heavy atom. The second-order valence-corrected chi connectivity index (χ2v) is 10.9. The third-order valence-electron chi connectivity index (χ3n) is 7.99. The monoisotopic (exact) mass is 495 g/mol. The van der Waals surface area contributed by atoms with Crippen molar-refractivity contribution >= 4 is 40.9 Å². The van der Waals surface area contributed by atoms with Crippen LogP contribution in [-0.2, 0) is 20.8 Å². The van der Waals surface area contributed by atoms with Crippen LogP contribution in [-0.4, -0.2) is 41.1 Å². The van der Waals surface area contributed by atoms with Crippen LogP contribution < -0.4 is 10.6 Å². The summed E-state index contributed by atoms with van der Waals surface area (Å²) in [4.78, 5) is 54.3. The van der Waals surface area contributed by atoms with Gasteiger partial charge in [-0.1, -0.05) is 51.4 Å². The van der Waals surface area contributed by atoms with Gasteiger partial charge in [-0.25, -0.2) is 4.90 Å². The molecule has 2 fully saturated rings. The Hall–Kier alpha value is -3.19. The topological polar surface area (TPSA) is 101 Å². The molecule has 0 aromatic heterocycles. The second kappa shape index (κ2) is 8.79. The molecule has 1 heterocycles. The summed E-state index contributed by atoms with van der Waals surface area (Å²) >= 11 is 6.13. The summed E-state index contributed by atoms with van der Waals surface area (Å²) in [6.07, 6.45) is 0.413. The van der Waals surface area contributed by atoms with Gasteiger partial charge in [0.05, 0.1) is 12.1 Å². The van der Waals surface area contributed by atoms with Crippen LogP contribution in [0.2, 0.25) is 5.02 Å². The highest BCUT2D eigenvalue weighted by atomic mass is 35.5. The Bertz CT molecular complexity index is 1190. The Balaban J connectivity index is 1.62. The standard InChI is InChI=1S/C27H30ClN3O4/c1-26(2)22(27(26,3)4)25(35)30(13-12-16-6-5-7-18(28)14-16)20-15-21(32)31(24(20)34)19-10-8-17(9-11-19)23(29)33/h5-11,14,20,22H,12-13,15H2,1-4H3,(H2,29,33). The average molecular weight is 496 g/mol. The number of benzene rings is 2. The number of anilines is 1. The average Bonchev–Trinajstić information content (AvgIpc) is 3.02. The minimum atomic E-state index is -0.891. The maximum atomic E-state index is 13.8. The van der Waals surface area contributed by atoms with Crippen LogP contribution in [0, 0.1) is 16.7 Å². The lowest BCUT2D eigenvalue weighted by molar-refractivity contribution is -0.140. The van der Waals surface area contributed by atoms with Crippen molar-refractivity contribution in [1.82, 2.24) is 4.90 Å². The first-order chi connectivity index (χ1) is 16.4. The van der Waals surface area contributed by atoms with Crippen molar-refractivity contribution in [3.05, 3.63) is 64.7 Å². The molecule has 0 bridgehead atoms. The quantitative estimate of drug-likeness (QED) is 0.590. The molecule has 2 aromatic carbocycles. The normalized spacial score (nSPS) is 20.7. The molecule has 1 atom stereocenters. The van der Waals surface area contributed by atoms with E-state index in [0.717, 1.165) is 10.5 Å². The SMILES string of the molecule is CC1(C)C(C(=O)N(CCc2cccc(Cl)c2)C2CC(=O)N(c3ccc(C(N)=O)cc3)C2=O)C1(C)C. The number of halogens is 1. The van der Waals surface area contributed by atoms with Gasteiger partial charge in [-0.3, -0.25) is 19.2 Å². The van der Waals surface area contributed by atoms with Crippen LogP contribution in [0.1, 0.15) is 50.0 Å². The van der Waals surface area contributed by atoms with Gasteiger partial charge in [0.25, 0.3) is 5.91 Å². The van der Waals surface area contributed by atoms with Gasteiger partial charge >= 0.3 is 0 Å². The van der Waals surface area contributed by atoms with Crippen molar-refractivity contribution in [3.8, 4) is 0 Å². The molecular formula is C27H30ClN3O4. The minimum Gasteiger partial charge on any atom is -0.366 e. The first-order valence-electron chi connectivity index (χ1n) is 11.7. The van der Waals surface area contributed by atoms with E-state index in [4.69, 9.17) is 17.3 Å². The third-order valence-corrected chi connectivity index (χ3v) is 8.23. The van der Waals surface area contributed by atoms with Crippen molar-refractivity contribution in [3.63, 3.8) is 0 Å². The molecule has 1 saturated carbocycles. The maximum absolute atomic E-state index is 13.8. The summed E-state index contributed by atoms with van der Waals surface area (Å²) in [7, 11) is 0. The second-order valence-electron chi connectivity index (χ2n) is 10.5. The number of imide groups is 1. The Kier molecular flexibility index (Phi) is 6.26. The van der Waals surface area contributed by atoms with Crippen molar-refractivity contribution in [2.45, 2.75) is 46.6 Å². The molecule has 4 amide bonds. The van der Waals surface area contributed by atoms with Gasteiger partial charge in [-0.2, -0.15) is 0 Å². The van der Waals surface area contributed by atoms with E-state index >= 15 is 0 Å². The van der Waals surface area contributed by atoms with Crippen LogP contribution in [0.3, 0.4) is 0 Å². The first-order valence-corrected chi connectivity index (χ1v) is 12.1. The molecule has 2 aliphatic rings. The van der Waals surface area contributed by atoms with E-state index in [2.05, 4.69) is 27.7 Å². The lowest BCUT2D eigenvalue weighted by atomic mass is 10.0. The van der Waals surface area contributed by atoms with Crippen LogP contribution in [0.5, 0.6) is 0 Å². The van der Waals surface area contributed by atoms with E-state index in [1.54, 1.807) is 11.0 Å². The molecule has 1 unspecified atom stereocenters. The molecule has 1 saturated heterocycles. The molecule has 0 spiro atoms. The van der Waals surface area contributed by atoms with E-state index in [1.807, 2.05) is 18.2 Å². The number of nitrogens with zero attached hydrogens (tertiary/aromatic N) is 2. The van der Waals surface area contributed by atoms with Crippen molar-refractivity contribution in [1.29, 1.82) is 0 Å². The number of hydrogen-bond acceptors (Lipinski definition) is 4. The van der Waals surface area contributed by atoms with Gasteiger partial charge in [0.2, 0.25) is 17.7 Å². The van der Waals surface area contributed by atoms with Gasteiger partial charge in [0.15, 0.2) is 0 Å². The fraction of sp³-hybridized carbons (Fsp3) is 0.407. The highest BCUT2D eigenvalue weighted by Crippen LogP contribution is 2.69. The zero-order chi connectivity index (χ0) is 25.7.